The summed E-state index contributed by atoms with van der Waals surface area (Å²) in [5.74, 6) is 0.712. The van der Waals surface area contributed by atoms with Crippen LogP contribution in [0.1, 0.15) is 13.8 Å². The number of nitrogens with one attached hydrogen (secondary N) is 2. The van der Waals surface area contributed by atoms with Gasteiger partial charge in [0.1, 0.15) is 0 Å². The fraction of sp³-hybridized carbons (Fsp3) is 0.625. The van der Waals surface area contributed by atoms with E-state index in [9.17, 15) is 0 Å². The van der Waals surface area contributed by atoms with Gasteiger partial charge in [0.05, 0.1) is 13.2 Å². The van der Waals surface area contributed by atoms with Crippen LogP contribution in [-0.2, 0) is 4.84 Å². The summed E-state index contributed by atoms with van der Waals surface area (Å²) in [6, 6.07) is 0.404. The zero-order valence-electron chi connectivity index (χ0n) is 7.55. The van der Waals surface area contributed by atoms with E-state index < -0.39 is 0 Å². The van der Waals surface area contributed by atoms with Gasteiger partial charge >= 0.3 is 0 Å². The molecule has 0 bridgehead atoms. The number of hydroxylamine groups is 1. The average molecular weight is 169 g/mol. The normalized spacial score (nSPS) is 21.5. The molecule has 0 aromatic carbocycles. The summed E-state index contributed by atoms with van der Waals surface area (Å²) < 4.78 is 0. The average Bonchev–Trinajstić information content (AvgIpc) is 2.35. The van der Waals surface area contributed by atoms with Crippen molar-refractivity contribution in [2.75, 3.05) is 13.2 Å². The fourth-order valence-electron chi connectivity index (χ4n) is 0.842. The van der Waals surface area contributed by atoms with Crippen molar-refractivity contribution in [2.24, 2.45) is 4.99 Å². The lowest BCUT2D eigenvalue weighted by molar-refractivity contribution is 0.103. The molecule has 0 spiro atoms. The zero-order chi connectivity index (χ0) is 8.97. The van der Waals surface area contributed by atoms with Gasteiger partial charge in [0.2, 0.25) is 5.96 Å². The van der Waals surface area contributed by atoms with Crippen LogP contribution in [0.5, 0.6) is 0 Å². The van der Waals surface area contributed by atoms with Gasteiger partial charge in [-0.2, -0.15) is 0 Å². The van der Waals surface area contributed by atoms with Gasteiger partial charge in [-0.05, 0) is 13.8 Å². The second-order valence-corrected chi connectivity index (χ2v) is 3.08. The smallest absolute Gasteiger partial charge is 0.216 e. The third-order valence-electron chi connectivity index (χ3n) is 1.39. The molecule has 0 fully saturated rings. The van der Waals surface area contributed by atoms with Crippen molar-refractivity contribution in [2.45, 2.75) is 19.9 Å². The van der Waals surface area contributed by atoms with E-state index in [-0.39, 0.29) is 0 Å². The van der Waals surface area contributed by atoms with Gasteiger partial charge in [-0.3, -0.25) is 4.84 Å². The van der Waals surface area contributed by atoms with Crippen LogP contribution in [0.3, 0.4) is 0 Å². The summed E-state index contributed by atoms with van der Waals surface area (Å²) in [7, 11) is 0. The Morgan fingerprint density at radius 1 is 1.92 bits per heavy atom. The predicted molar refractivity (Wildman–Crippen MR) is 48.8 cm³/mol. The van der Waals surface area contributed by atoms with E-state index in [1.165, 1.54) is 0 Å². The molecule has 4 heteroatoms. The quantitative estimate of drug-likeness (QED) is 0.476. The topological polar surface area (TPSA) is 45.6 Å². The lowest BCUT2D eigenvalue weighted by Crippen LogP contribution is -2.37. The summed E-state index contributed by atoms with van der Waals surface area (Å²) in [4.78, 5) is 9.24. The Morgan fingerprint density at radius 2 is 2.67 bits per heavy atom. The van der Waals surface area contributed by atoms with E-state index in [2.05, 4.69) is 29.3 Å². The molecule has 1 aliphatic heterocycles. The van der Waals surface area contributed by atoms with Crippen molar-refractivity contribution in [1.29, 1.82) is 0 Å². The van der Waals surface area contributed by atoms with Gasteiger partial charge in [-0.1, -0.05) is 12.2 Å². The fourth-order valence-corrected chi connectivity index (χ4v) is 0.842. The first-order valence-electron chi connectivity index (χ1n) is 4.01. The second-order valence-electron chi connectivity index (χ2n) is 3.08. The van der Waals surface area contributed by atoms with E-state index in [4.69, 9.17) is 4.84 Å². The molecule has 0 aliphatic carbocycles. The van der Waals surface area contributed by atoms with Crippen molar-refractivity contribution < 1.29 is 4.84 Å². The molecular formula is C8H15N3O. The first kappa shape index (κ1) is 9.06. The van der Waals surface area contributed by atoms with E-state index in [0.717, 1.165) is 12.1 Å². The highest BCUT2D eigenvalue weighted by molar-refractivity contribution is 5.80. The number of nitrogens with zero attached hydrogens (tertiary/aromatic N) is 1. The molecule has 0 saturated carbocycles. The summed E-state index contributed by atoms with van der Waals surface area (Å²) in [6.45, 7) is 9.00. The Morgan fingerprint density at radius 3 is 3.17 bits per heavy atom. The molecule has 0 aromatic rings. The monoisotopic (exact) mass is 169 g/mol. The first-order chi connectivity index (χ1) is 5.68. The molecule has 12 heavy (non-hydrogen) atoms. The van der Waals surface area contributed by atoms with Crippen molar-refractivity contribution >= 4 is 5.96 Å². The van der Waals surface area contributed by atoms with Gasteiger partial charge in [0.25, 0.3) is 0 Å². The van der Waals surface area contributed by atoms with E-state index >= 15 is 0 Å². The summed E-state index contributed by atoms with van der Waals surface area (Å²) in [5, 5.41) is 3.11. The van der Waals surface area contributed by atoms with Crippen LogP contribution in [0, 0.1) is 0 Å². The van der Waals surface area contributed by atoms with Gasteiger partial charge in [0.15, 0.2) is 0 Å². The molecule has 4 nitrogen and oxygen atoms in total. The van der Waals surface area contributed by atoms with Crippen LogP contribution in [0.25, 0.3) is 0 Å². The number of aliphatic imine (C=N–C) groups is 1. The molecule has 68 valence electrons. The van der Waals surface area contributed by atoms with Gasteiger partial charge in [-0.25, -0.2) is 10.5 Å². The summed E-state index contributed by atoms with van der Waals surface area (Å²) >= 11 is 0. The maximum atomic E-state index is 5.08. The van der Waals surface area contributed by atoms with Crippen molar-refractivity contribution in [3.05, 3.63) is 12.2 Å². The highest BCUT2D eigenvalue weighted by Gasteiger charge is 2.11. The minimum Gasteiger partial charge on any atom is -0.350 e. The minimum absolute atomic E-state index is 0.404. The molecule has 1 atom stereocenters. The van der Waals surface area contributed by atoms with Crippen LogP contribution in [-0.4, -0.2) is 25.2 Å². The zero-order valence-corrected chi connectivity index (χ0v) is 7.55. The van der Waals surface area contributed by atoms with Crippen LogP contribution < -0.4 is 10.8 Å². The number of hydrogen-bond donors (Lipinski definition) is 2. The van der Waals surface area contributed by atoms with Crippen LogP contribution in [0.15, 0.2) is 17.1 Å². The number of guanidine groups is 1. The first-order valence-corrected chi connectivity index (χ1v) is 4.01. The lowest BCUT2D eigenvalue weighted by Gasteiger charge is -2.08. The molecule has 0 saturated heterocycles. The molecule has 1 aliphatic rings. The molecule has 1 heterocycles. The van der Waals surface area contributed by atoms with Crippen LogP contribution in [0.2, 0.25) is 0 Å². The molecule has 0 radical (unpaired) electrons. The van der Waals surface area contributed by atoms with Crippen molar-refractivity contribution in [3.8, 4) is 0 Å². The molecule has 1 unspecified atom stereocenters. The Labute approximate surface area is 72.7 Å². The summed E-state index contributed by atoms with van der Waals surface area (Å²) in [5.41, 5.74) is 3.70. The second kappa shape index (κ2) is 4.11. The van der Waals surface area contributed by atoms with E-state index in [0.29, 0.717) is 18.6 Å². The number of rotatable bonds is 3. The molecule has 2 N–H and O–H groups in total. The van der Waals surface area contributed by atoms with Crippen LogP contribution >= 0.6 is 0 Å². The number of hydrogen-bond acceptors (Lipinski definition) is 4. The van der Waals surface area contributed by atoms with Gasteiger partial charge in [0, 0.05) is 6.04 Å². The van der Waals surface area contributed by atoms with E-state index in [1.807, 2.05) is 6.92 Å². The van der Waals surface area contributed by atoms with Gasteiger partial charge in [-0.15, -0.1) is 0 Å². The largest absolute Gasteiger partial charge is 0.350 e. The Hall–Kier alpha value is -1.03. The molecule has 0 amide bonds. The van der Waals surface area contributed by atoms with Crippen molar-refractivity contribution in [3.63, 3.8) is 0 Å². The maximum absolute atomic E-state index is 5.08. The predicted octanol–water partition coefficient (Wildman–Crippen LogP) is 0.431. The lowest BCUT2D eigenvalue weighted by atomic mass is 10.4. The molecule has 0 aromatic heterocycles. The SMILES string of the molecule is C=C(C)CONC1=NCC(C)N1. The van der Waals surface area contributed by atoms with Crippen LogP contribution in [0.4, 0.5) is 0 Å². The highest BCUT2D eigenvalue weighted by Crippen LogP contribution is 1.92. The molecular weight excluding hydrogens is 154 g/mol. The van der Waals surface area contributed by atoms with Gasteiger partial charge < -0.3 is 5.32 Å². The maximum Gasteiger partial charge on any atom is 0.216 e. The molecule has 1 rings (SSSR count). The Kier molecular flexibility index (Phi) is 3.10. The van der Waals surface area contributed by atoms with E-state index in [1.54, 1.807) is 0 Å². The third-order valence-corrected chi connectivity index (χ3v) is 1.39. The standard InChI is InChI=1S/C8H15N3O/c1-6(2)5-12-11-8-9-4-7(3)10-8/h7H,1,4-5H2,2-3H3,(H2,9,10,11). The van der Waals surface area contributed by atoms with Crippen molar-refractivity contribution in [1.82, 2.24) is 10.8 Å². The third kappa shape index (κ3) is 2.92. The summed E-state index contributed by atoms with van der Waals surface area (Å²) in [6.07, 6.45) is 0. The highest BCUT2D eigenvalue weighted by atomic mass is 16.6. The minimum atomic E-state index is 0.404. The Bertz CT molecular complexity index is 200. The Balaban J connectivity index is 2.12.